The van der Waals surface area contributed by atoms with Crippen LogP contribution in [-0.2, 0) is 0 Å². The van der Waals surface area contributed by atoms with Gasteiger partial charge in [-0.1, -0.05) is 50.2 Å². The van der Waals surface area contributed by atoms with Crippen molar-refractivity contribution in [2.24, 2.45) is 5.92 Å². The van der Waals surface area contributed by atoms with Crippen LogP contribution in [-0.4, -0.2) is 46.0 Å². The predicted molar refractivity (Wildman–Crippen MR) is 140 cm³/mol. The van der Waals surface area contributed by atoms with Gasteiger partial charge in [0.05, 0.1) is 5.52 Å². The number of rotatable bonds is 5. The Balaban J connectivity index is 1.72. The van der Waals surface area contributed by atoms with Gasteiger partial charge in [-0.3, -0.25) is 14.3 Å². The van der Waals surface area contributed by atoms with Gasteiger partial charge in [-0.05, 0) is 55.2 Å². The molecule has 35 heavy (non-hydrogen) atoms. The first-order valence-corrected chi connectivity index (χ1v) is 12.3. The van der Waals surface area contributed by atoms with Gasteiger partial charge in [0.2, 0.25) is 5.88 Å². The molecule has 1 N–H and O–H groups in total. The molecule has 0 spiro atoms. The van der Waals surface area contributed by atoms with Gasteiger partial charge in [-0.2, -0.15) is 0 Å². The molecular formula is C29H32N4O2. The van der Waals surface area contributed by atoms with E-state index in [2.05, 4.69) is 24.1 Å². The van der Waals surface area contributed by atoms with Crippen molar-refractivity contribution in [3.8, 4) is 17.3 Å². The molecule has 180 valence electrons. The second-order valence-electron chi connectivity index (χ2n) is 9.60. The number of nitrogens with zero attached hydrogens (tertiary/aromatic N) is 3. The molecule has 3 heterocycles. The zero-order valence-electron chi connectivity index (χ0n) is 20.8. The third-order valence-corrected chi connectivity index (χ3v) is 6.81. The molecule has 2 aromatic heterocycles. The fourth-order valence-corrected chi connectivity index (χ4v) is 4.84. The van der Waals surface area contributed by atoms with Gasteiger partial charge in [0.25, 0.3) is 5.91 Å². The van der Waals surface area contributed by atoms with Crippen molar-refractivity contribution in [1.29, 1.82) is 0 Å². The molecule has 1 amide bonds. The summed E-state index contributed by atoms with van der Waals surface area (Å²) in [6.07, 6.45) is 1.74. The first-order chi connectivity index (χ1) is 17.0. The van der Waals surface area contributed by atoms with Crippen LogP contribution < -0.4 is 10.1 Å². The molecule has 2 aromatic carbocycles. The first-order valence-electron chi connectivity index (χ1n) is 12.3. The maximum Gasteiger partial charge on any atom is 0.261 e. The lowest BCUT2D eigenvalue weighted by Gasteiger charge is -2.35. The number of piperazine rings is 1. The second kappa shape index (κ2) is 9.55. The number of aryl methyl sites for hydroxylation is 2. The number of hydrogen-bond donors (Lipinski definition) is 1. The van der Waals surface area contributed by atoms with Crippen molar-refractivity contribution < 1.29 is 9.53 Å². The summed E-state index contributed by atoms with van der Waals surface area (Å²) in [4.78, 5) is 20.8. The minimum Gasteiger partial charge on any atom is -0.439 e. The van der Waals surface area contributed by atoms with Crippen LogP contribution in [0.3, 0.4) is 0 Å². The number of pyridine rings is 1. The molecule has 0 saturated carbocycles. The van der Waals surface area contributed by atoms with Gasteiger partial charge in [0.1, 0.15) is 16.8 Å². The number of ether oxygens (including phenoxy) is 1. The lowest BCUT2D eigenvalue weighted by Crippen LogP contribution is -2.54. The number of para-hydroxylation sites is 2. The van der Waals surface area contributed by atoms with Gasteiger partial charge in [0.15, 0.2) is 0 Å². The van der Waals surface area contributed by atoms with E-state index in [1.54, 1.807) is 6.20 Å². The van der Waals surface area contributed by atoms with Crippen LogP contribution in [0, 0.1) is 19.8 Å². The number of benzene rings is 2. The number of hydrogen-bond acceptors (Lipinski definition) is 4. The molecule has 0 unspecified atom stereocenters. The highest BCUT2D eigenvalue weighted by atomic mass is 16.5. The Morgan fingerprint density at radius 1 is 1.03 bits per heavy atom. The lowest BCUT2D eigenvalue weighted by atomic mass is 10.0. The first kappa shape index (κ1) is 23.1. The van der Waals surface area contributed by atoms with Gasteiger partial charge in [-0.25, -0.2) is 0 Å². The van der Waals surface area contributed by atoms with E-state index in [0.717, 1.165) is 34.6 Å². The zero-order valence-corrected chi connectivity index (χ0v) is 20.8. The summed E-state index contributed by atoms with van der Waals surface area (Å²) in [5, 5.41) is 3.55. The fraction of sp³-hybridized carbons (Fsp3) is 0.310. The maximum absolute atomic E-state index is 14.2. The number of nitrogens with one attached hydrogen (secondary N) is 1. The van der Waals surface area contributed by atoms with Gasteiger partial charge < -0.3 is 15.0 Å². The van der Waals surface area contributed by atoms with Crippen LogP contribution in [0.15, 0.2) is 66.9 Å². The second-order valence-corrected chi connectivity index (χ2v) is 9.60. The molecule has 1 aliphatic heterocycles. The summed E-state index contributed by atoms with van der Waals surface area (Å²) in [7, 11) is 0. The molecule has 6 heteroatoms. The molecule has 1 aliphatic rings. The minimum absolute atomic E-state index is 0.0447. The Morgan fingerprint density at radius 2 is 1.77 bits per heavy atom. The van der Waals surface area contributed by atoms with Crippen LogP contribution in [0.4, 0.5) is 0 Å². The largest absolute Gasteiger partial charge is 0.439 e. The van der Waals surface area contributed by atoms with Crippen molar-refractivity contribution >= 4 is 16.9 Å². The molecule has 0 bridgehead atoms. The van der Waals surface area contributed by atoms with Gasteiger partial charge in [-0.15, -0.1) is 0 Å². The number of aromatic nitrogens is 2. The molecular weight excluding hydrogens is 436 g/mol. The van der Waals surface area contributed by atoms with E-state index in [0.29, 0.717) is 36.0 Å². The van der Waals surface area contributed by atoms with E-state index in [1.807, 2.05) is 84.0 Å². The highest BCUT2D eigenvalue weighted by molar-refractivity contribution is 6.09. The van der Waals surface area contributed by atoms with Crippen molar-refractivity contribution in [2.75, 3.05) is 19.6 Å². The predicted octanol–water partition coefficient (Wildman–Crippen LogP) is 5.50. The van der Waals surface area contributed by atoms with Crippen LogP contribution in [0.5, 0.6) is 11.6 Å². The summed E-state index contributed by atoms with van der Waals surface area (Å²) in [5.41, 5.74) is 4.97. The van der Waals surface area contributed by atoms with E-state index in [4.69, 9.17) is 4.74 Å². The molecule has 1 fully saturated rings. The molecule has 0 radical (unpaired) electrons. The van der Waals surface area contributed by atoms with Crippen molar-refractivity contribution in [3.63, 3.8) is 0 Å². The van der Waals surface area contributed by atoms with Gasteiger partial charge in [0, 0.05) is 37.6 Å². The van der Waals surface area contributed by atoms with Crippen molar-refractivity contribution in [2.45, 2.75) is 33.7 Å². The SMILES string of the molecule is Cc1cccc(C)c1Oc1c(C(=O)N2CCN[C@@H](C(C)C)C2)c2ncccc2n1-c1ccccc1. The smallest absolute Gasteiger partial charge is 0.261 e. The van der Waals surface area contributed by atoms with E-state index in [-0.39, 0.29) is 11.9 Å². The monoisotopic (exact) mass is 468 g/mol. The standard InChI is InChI=1S/C29H32N4O2/c1-19(2)23-18-32(17-16-30-23)28(34)25-26-24(14-9-15-31-26)33(22-12-6-5-7-13-22)29(25)35-27-20(3)10-8-11-21(27)4/h5-15,19,23,30H,16-18H2,1-4H3/t23-/m1/s1. The quantitative estimate of drug-likeness (QED) is 0.420. The minimum atomic E-state index is -0.0447. The van der Waals surface area contributed by atoms with Crippen LogP contribution in [0.25, 0.3) is 16.7 Å². The Hall–Kier alpha value is -3.64. The van der Waals surface area contributed by atoms with Crippen molar-refractivity contribution in [1.82, 2.24) is 19.8 Å². The number of carbonyl (C=O) groups excluding carboxylic acids is 1. The third-order valence-electron chi connectivity index (χ3n) is 6.81. The van der Waals surface area contributed by atoms with E-state index >= 15 is 0 Å². The molecule has 6 nitrogen and oxygen atoms in total. The number of fused-ring (bicyclic) bond motifs is 1. The normalized spacial score (nSPS) is 16.1. The third kappa shape index (κ3) is 4.30. The fourth-order valence-electron chi connectivity index (χ4n) is 4.84. The molecule has 1 atom stereocenters. The summed E-state index contributed by atoms with van der Waals surface area (Å²) in [5.74, 6) is 1.66. The molecule has 5 rings (SSSR count). The van der Waals surface area contributed by atoms with E-state index in [9.17, 15) is 4.79 Å². The Kier molecular flexibility index (Phi) is 6.31. The van der Waals surface area contributed by atoms with Crippen LogP contribution >= 0.6 is 0 Å². The highest BCUT2D eigenvalue weighted by Gasteiger charge is 2.33. The highest BCUT2D eigenvalue weighted by Crippen LogP contribution is 2.39. The molecule has 4 aromatic rings. The van der Waals surface area contributed by atoms with Crippen LogP contribution in [0.1, 0.15) is 35.3 Å². The Morgan fingerprint density at radius 3 is 2.49 bits per heavy atom. The van der Waals surface area contributed by atoms with Crippen molar-refractivity contribution in [3.05, 3.63) is 83.6 Å². The Bertz CT molecular complexity index is 1340. The summed E-state index contributed by atoms with van der Waals surface area (Å²) < 4.78 is 8.71. The number of carbonyl (C=O) groups is 1. The average Bonchev–Trinajstić information content (AvgIpc) is 3.20. The zero-order chi connectivity index (χ0) is 24.5. The van der Waals surface area contributed by atoms with E-state index in [1.165, 1.54) is 0 Å². The topological polar surface area (TPSA) is 59.4 Å². The summed E-state index contributed by atoms with van der Waals surface area (Å²) in [6.45, 7) is 10.5. The molecule has 0 aliphatic carbocycles. The van der Waals surface area contributed by atoms with Crippen LogP contribution in [0.2, 0.25) is 0 Å². The summed E-state index contributed by atoms with van der Waals surface area (Å²) >= 11 is 0. The average molecular weight is 469 g/mol. The molecule has 1 saturated heterocycles. The van der Waals surface area contributed by atoms with Gasteiger partial charge >= 0.3 is 0 Å². The maximum atomic E-state index is 14.2. The number of amides is 1. The van der Waals surface area contributed by atoms with E-state index < -0.39 is 0 Å². The lowest BCUT2D eigenvalue weighted by molar-refractivity contribution is 0.0682. The Labute approximate surface area is 206 Å². The summed E-state index contributed by atoms with van der Waals surface area (Å²) in [6, 6.07) is 20.3.